The van der Waals surface area contributed by atoms with E-state index in [1.807, 2.05) is 0 Å². The summed E-state index contributed by atoms with van der Waals surface area (Å²) < 4.78 is 2.67. The van der Waals surface area contributed by atoms with Gasteiger partial charge in [-0.05, 0) is 0 Å². The molecule has 0 saturated heterocycles. The van der Waals surface area contributed by atoms with E-state index in [-0.39, 0.29) is 11.0 Å². The van der Waals surface area contributed by atoms with Crippen LogP contribution in [0.5, 0.6) is 0 Å². The third kappa shape index (κ3) is 2.58. The van der Waals surface area contributed by atoms with E-state index >= 15 is 0 Å². The Kier molecular flexibility index (Phi) is 3.92. The number of benzene rings is 2. The predicted molar refractivity (Wildman–Crippen MR) is 125 cm³/mol. The van der Waals surface area contributed by atoms with Gasteiger partial charge in [-0.25, -0.2) is 0 Å². The van der Waals surface area contributed by atoms with E-state index in [1.54, 1.807) is 17.4 Å². The standard InChI is InChI=1S/C24H16N3O2STe/c1-24(2)16-8-5-7-14-13-6-3-4-9-18(13)27(19(14)16)22-17(24)11-12(30-22)10-15-20(28)25-23(31)26-21(15)29/h3-11H,1-2H3,(H,25,26,28,29). The van der Waals surface area contributed by atoms with E-state index < -0.39 is 11.8 Å². The molecule has 6 rings (SSSR count). The van der Waals surface area contributed by atoms with Crippen molar-refractivity contribution in [1.29, 1.82) is 0 Å². The maximum atomic E-state index is 12.4. The van der Waals surface area contributed by atoms with E-state index in [0.717, 1.165) is 15.4 Å². The summed E-state index contributed by atoms with van der Waals surface area (Å²) in [5.74, 6) is -0.894. The van der Waals surface area contributed by atoms with E-state index in [9.17, 15) is 9.59 Å². The minimum atomic E-state index is -0.494. The number of thiophene rings is 1. The molecule has 2 aromatic carbocycles. The summed E-state index contributed by atoms with van der Waals surface area (Å²) in [4.78, 5) is 29.5. The summed E-state index contributed by atoms with van der Waals surface area (Å²) in [6.45, 7) is 4.47. The number of hydrogen-bond donors (Lipinski definition) is 1. The summed E-state index contributed by atoms with van der Waals surface area (Å²) in [6.07, 6.45) is 1.67. The average molecular weight is 538 g/mol. The van der Waals surface area contributed by atoms with Crippen molar-refractivity contribution in [2.75, 3.05) is 0 Å². The van der Waals surface area contributed by atoms with Gasteiger partial charge in [-0.15, -0.1) is 0 Å². The number of nitrogens with one attached hydrogen (secondary N) is 1. The molecule has 0 fully saturated rings. The number of fused-ring (bicyclic) bond motifs is 5. The number of rotatable bonds is 1. The van der Waals surface area contributed by atoms with E-state index in [2.05, 4.69) is 77.3 Å². The second-order valence-corrected chi connectivity index (χ2v) is 10.4. The fourth-order valence-corrected chi connectivity index (χ4v) is 6.46. The summed E-state index contributed by atoms with van der Waals surface area (Å²) >= 11 is 3.13. The molecule has 1 N–H and O–H groups in total. The molecule has 0 saturated carbocycles. The minimum absolute atomic E-state index is 0.0729. The van der Waals surface area contributed by atoms with Gasteiger partial charge in [-0.1, -0.05) is 6.07 Å². The molecular formula is C24H16N3O2STe. The summed E-state index contributed by atoms with van der Waals surface area (Å²) in [7, 11) is 0. The molecular weight excluding hydrogens is 522 g/mol. The summed E-state index contributed by atoms with van der Waals surface area (Å²) in [6, 6.07) is 17.1. The van der Waals surface area contributed by atoms with Gasteiger partial charge in [0.15, 0.2) is 0 Å². The Labute approximate surface area is 195 Å². The zero-order valence-electron chi connectivity index (χ0n) is 16.7. The number of aromatic nitrogens is 1. The number of hydrogen-bond acceptors (Lipinski definition) is 3. The Hall–Kier alpha value is -2.72. The molecule has 2 amide bonds. The van der Waals surface area contributed by atoms with Gasteiger partial charge in [-0.3, -0.25) is 0 Å². The molecule has 7 heteroatoms. The van der Waals surface area contributed by atoms with E-state index in [0.29, 0.717) is 3.88 Å². The Bertz CT molecular complexity index is 1540. The Morgan fingerprint density at radius 3 is 2.65 bits per heavy atom. The van der Waals surface area contributed by atoms with Gasteiger partial charge in [0.2, 0.25) is 0 Å². The molecule has 1 radical (unpaired) electrons. The average Bonchev–Trinajstić information content (AvgIpc) is 3.29. The van der Waals surface area contributed by atoms with Gasteiger partial charge in [0.05, 0.1) is 0 Å². The Morgan fingerprint density at radius 1 is 1.06 bits per heavy atom. The molecule has 2 aromatic heterocycles. The van der Waals surface area contributed by atoms with Crippen molar-refractivity contribution in [3.05, 3.63) is 70.1 Å². The molecule has 0 bridgehead atoms. The number of amides is 2. The van der Waals surface area contributed by atoms with Gasteiger partial charge >= 0.3 is 190 Å². The van der Waals surface area contributed by atoms with Crippen LogP contribution in [0.25, 0.3) is 32.9 Å². The first kappa shape index (κ1) is 19.0. The number of carbonyl (C=O) groups excluding carboxylic acids is 2. The SMILES string of the molecule is CC1(C)c2cc(/C=C3/C(=O)N=C([Te])NC3=O)sc2-n2c3ccccc3c3cccc1c32. The van der Waals surface area contributed by atoms with Crippen LogP contribution in [0.1, 0.15) is 29.9 Å². The van der Waals surface area contributed by atoms with Gasteiger partial charge in [0.1, 0.15) is 0 Å². The van der Waals surface area contributed by atoms with Crippen LogP contribution in [0.15, 0.2) is 59.1 Å². The fraction of sp³-hybridized carbons (Fsp3) is 0.125. The van der Waals surface area contributed by atoms with Gasteiger partial charge in [0.25, 0.3) is 0 Å². The predicted octanol–water partition coefficient (Wildman–Crippen LogP) is 4.05. The van der Waals surface area contributed by atoms with Crippen LogP contribution in [0.2, 0.25) is 0 Å². The molecule has 4 aromatic rings. The number of carbonyl (C=O) groups is 2. The summed E-state index contributed by atoms with van der Waals surface area (Å²) in [5, 5.41) is 6.23. The van der Waals surface area contributed by atoms with Crippen LogP contribution >= 0.6 is 11.3 Å². The molecule has 0 atom stereocenters. The normalized spacial score (nSPS) is 18.4. The first-order valence-electron chi connectivity index (χ1n) is 9.86. The van der Waals surface area contributed by atoms with Gasteiger partial charge in [-0.2, -0.15) is 0 Å². The molecule has 151 valence electrons. The maximum absolute atomic E-state index is 12.4. The van der Waals surface area contributed by atoms with E-state index in [4.69, 9.17) is 0 Å². The van der Waals surface area contributed by atoms with Crippen molar-refractivity contribution in [2.24, 2.45) is 4.99 Å². The summed E-state index contributed by atoms with van der Waals surface area (Å²) in [5.41, 5.74) is 4.72. The first-order chi connectivity index (χ1) is 14.9. The monoisotopic (exact) mass is 540 g/mol. The Balaban J connectivity index is 1.65. The number of nitrogens with zero attached hydrogens (tertiary/aromatic N) is 2. The van der Waals surface area contributed by atoms with Crippen LogP contribution in [0.3, 0.4) is 0 Å². The third-order valence-corrected chi connectivity index (χ3v) is 7.78. The zero-order chi connectivity index (χ0) is 21.5. The molecule has 2 aliphatic heterocycles. The zero-order valence-corrected chi connectivity index (χ0v) is 19.9. The van der Waals surface area contributed by atoms with E-state index in [1.165, 1.54) is 49.7 Å². The van der Waals surface area contributed by atoms with Gasteiger partial charge < -0.3 is 0 Å². The fourth-order valence-electron chi connectivity index (χ4n) is 4.68. The van der Waals surface area contributed by atoms with Crippen LogP contribution in [0.4, 0.5) is 0 Å². The number of para-hydroxylation sites is 2. The number of amidine groups is 1. The second-order valence-electron chi connectivity index (χ2n) is 8.28. The van der Waals surface area contributed by atoms with Crippen molar-refractivity contribution in [2.45, 2.75) is 19.3 Å². The quantitative estimate of drug-likeness (QED) is 0.226. The molecule has 2 aliphatic rings. The molecule has 0 unspecified atom stereocenters. The van der Waals surface area contributed by atoms with Crippen molar-refractivity contribution in [1.82, 2.24) is 9.88 Å². The van der Waals surface area contributed by atoms with Crippen molar-refractivity contribution >= 4 is 77.2 Å². The van der Waals surface area contributed by atoms with Crippen molar-refractivity contribution in [3.63, 3.8) is 0 Å². The topological polar surface area (TPSA) is 63.5 Å². The van der Waals surface area contributed by atoms with Crippen LogP contribution < -0.4 is 5.32 Å². The first-order valence-corrected chi connectivity index (χ1v) is 11.8. The Morgan fingerprint density at radius 2 is 1.84 bits per heavy atom. The van der Waals surface area contributed by atoms with Crippen LogP contribution in [0, 0.1) is 0 Å². The second kappa shape index (κ2) is 6.39. The van der Waals surface area contributed by atoms with Crippen LogP contribution in [-0.2, 0) is 15.0 Å². The molecule has 5 nitrogen and oxygen atoms in total. The molecule has 4 heterocycles. The van der Waals surface area contributed by atoms with Crippen molar-refractivity contribution in [3.8, 4) is 5.00 Å². The number of aliphatic imine (C=N–C) groups is 1. The molecule has 0 spiro atoms. The molecule has 0 aliphatic carbocycles. The molecule has 31 heavy (non-hydrogen) atoms. The third-order valence-electron chi connectivity index (χ3n) is 6.16. The van der Waals surface area contributed by atoms with Crippen molar-refractivity contribution < 1.29 is 9.59 Å². The van der Waals surface area contributed by atoms with Crippen LogP contribution in [-0.4, -0.2) is 42.6 Å². The van der Waals surface area contributed by atoms with Gasteiger partial charge in [0, 0.05) is 0 Å².